The SMILES string of the molecule is CC/C=C\C/C=C\C/C=C\C/C=C\C/C=C\C/C=C\C/C=C\C/C=C\C/C=C\C/C=C\C/C=C\CCCCCC(=O)OC(CO)COC(=O)CCCCCCCCCCCCCCC/C=C\C/C=C\C/C=C\C/C=C\C/C=C\C/C=C\C/C=C\C/C=C\C/C=C\CC. The van der Waals surface area contributed by atoms with Crippen molar-refractivity contribution in [2.45, 2.75) is 277 Å². The quantitative estimate of drug-likeness (QED) is 0.0373. The van der Waals surface area contributed by atoms with Crippen LogP contribution < -0.4 is 0 Å². The molecule has 0 aliphatic carbocycles. The van der Waals surface area contributed by atoms with Gasteiger partial charge in [0.25, 0.3) is 0 Å². The van der Waals surface area contributed by atoms with E-state index >= 15 is 0 Å². The van der Waals surface area contributed by atoms with Crippen molar-refractivity contribution in [3.05, 3.63) is 243 Å². The van der Waals surface area contributed by atoms with Crippen LogP contribution in [0.4, 0.5) is 0 Å². The molecule has 0 spiro atoms. The first-order valence-electron chi connectivity index (χ1n) is 36.6. The fraction of sp³-hybridized carbons (Fsp3) is 0.517. The summed E-state index contributed by atoms with van der Waals surface area (Å²) in [5.74, 6) is -0.645. The molecule has 1 unspecified atom stereocenters. The van der Waals surface area contributed by atoms with Crippen LogP contribution in [0.3, 0.4) is 0 Å². The Morgan fingerprint density at radius 1 is 0.250 bits per heavy atom. The summed E-state index contributed by atoms with van der Waals surface area (Å²) in [6.45, 7) is 3.87. The largest absolute Gasteiger partial charge is 0.462 e. The Morgan fingerprint density at radius 2 is 0.435 bits per heavy atom. The van der Waals surface area contributed by atoms with Gasteiger partial charge in [-0.3, -0.25) is 9.59 Å². The Balaban J connectivity index is 3.64. The van der Waals surface area contributed by atoms with Crippen molar-refractivity contribution in [1.82, 2.24) is 0 Å². The number of rotatable bonds is 64. The van der Waals surface area contributed by atoms with Gasteiger partial charge in [-0.2, -0.15) is 0 Å². The van der Waals surface area contributed by atoms with Gasteiger partial charge in [0.1, 0.15) is 6.61 Å². The van der Waals surface area contributed by atoms with Gasteiger partial charge >= 0.3 is 11.9 Å². The van der Waals surface area contributed by atoms with Gasteiger partial charge in [-0.05, 0) is 167 Å². The molecule has 0 rings (SSSR count). The molecule has 0 aromatic heterocycles. The number of allylic oxidation sites excluding steroid dienone is 40. The van der Waals surface area contributed by atoms with Gasteiger partial charge in [0, 0.05) is 12.8 Å². The lowest BCUT2D eigenvalue weighted by atomic mass is 10.0. The Hall–Kier alpha value is -6.30. The van der Waals surface area contributed by atoms with E-state index in [2.05, 4.69) is 257 Å². The molecule has 0 heterocycles. The molecule has 510 valence electrons. The Labute approximate surface area is 566 Å². The monoisotopic (exact) mass is 1260 g/mol. The van der Waals surface area contributed by atoms with Crippen LogP contribution >= 0.6 is 0 Å². The maximum Gasteiger partial charge on any atom is 0.306 e. The zero-order valence-corrected chi connectivity index (χ0v) is 58.5. The topological polar surface area (TPSA) is 72.8 Å². The van der Waals surface area contributed by atoms with Gasteiger partial charge in [0.15, 0.2) is 6.10 Å². The highest BCUT2D eigenvalue weighted by atomic mass is 16.6. The van der Waals surface area contributed by atoms with E-state index in [0.717, 1.165) is 173 Å². The van der Waals surface area contributed by atoms with Crippen LogP contribution in [0.15, 0.2) is 243 Å². The fourth-order valence-corrected chi connectivity index (χ4v) is 9.26. The van der Waals surface area contributed by atoms with E-state index in [0.29, 0.717) is 12.8 Å². The van der Waals surface area contributed by atoms with Gasteiger partial charge in [0.2, 0.25) is 0 Å². The zero-order chi connectivity index (χ0) is 66.1. The smallest absolute Gasteiger partial charge is 0.306 e. The van der Waals surface area contributed by atoms with E-state index in [1.807, 2.05) is 0 Å². The summed E-state index contributed by atoms with van der Waals surface area (Å²) in [6, 6.07) is 0. The van der Waals surface area contributed by atoms with Gasteiger partial charge < -0.3 is 14.6 Å². The summed E-state index contributed by atoms with van der Waals surface area (Å²) in [6.07, 6.45) is 130. The summed E-state index contributed by atoms with van der Waals surface area (Å²) in [5.41, 5.74) is 0. The first kappa shape index (κ1) is 85.7. The standard InChI is InChI=1S/C87H132O5/c1-3-5-7-9-11-13-15-17-19-21-23-25-27-29-31-33-35-37-39-41-42-43-44-46-47-49-51-53-55-57-59-61-63-65-67-69-71-73-75-77-79-81-86(89)91-84-85(83-88)92-87(90)82-80-78-76-74-72-70-68-66-64-62-60-58-56-54-52-50-48-45-40-38-36-34-32-30-28-26-24-22-20-18-16-14-12-10-8-6-4-2/h5-8,11-14,17-20,23-26,29-32,35-38,41-42,44-46,48-49,51-52,54,58,60,64,66,70,72,85,88H,3-4,9-10,15-16,21-22,27-28,33-34,39-40,43,47,50,53,55-57,59,61-63,65,67-69,71,73-84H2,1-2H3/b7-5-,8-6-,13-11-,14-12-,19-17-,20-18-,25-23-,26-24-,31-29-,32-30-,37-35-,38-36-,42-41-,46-44-,48-45-,51-49-,54-52-,60-58-,66-64-,72-70-. The summed E-state index contributed by atoms with van der Waals surface area (Å²) >= 11 is 0. The zero-order valence-electron chi connectivity index (χ0n) is 58.5. The average Bonchev–Trinajstić information content (AvgIpc) is 3.70. The molecule has 0 aromatic rings. The molecule has 92 heavy (non-hydrogen) atoms. The van der Waals surface area contributed by atoms with E-state index in [-0.39, 0.29) is 25.2 Å². The number of hydrogen-bond acceptors (Lipinski definition) is 5. The lowest BCUT2D eigenvalue weighted by Gasteiger charge is -2.15. The molecule has 0 amide bonds. The highest BCUT2D eigenvalue weighted by molar-refractivity contribution is 5.70. The van der Waals surface area contributed by atoms with E-state index in [9.17, 15) is 14.7 Å². The lowest BCUT2D eigenvalue weighted by molar-refractivity contribution is -0.161. The second-order valence-corrected chi connectivity index (χ2v) is 23.2. The van der Waals surface area contributed by atoms with Crippen LogP contribution in [0.1, 0.15) is 271 Å². The van der Waals surface area contributed by atoms with Crippen LogP contribution in [0.5, 0.6) is 0 Å². The predicted molar refractivity (Wildman–Crippen MR) is 407 cm³/mol. The molecular weight excluding hydrogens is 1120 g/mol. The summed E-state index contributed by atoms with van der Waals surface area (Å²) in [7, 11) is 0. The Bertz CT molecular complexity index is 2270. The van der Waals surface area contributed by atoms with Crippen molar-refractivity contribution in [3.63, 3.8) is 0 Å². The van der Waals surface area contributed by atoms with E-state index in [1.54, 1.807) is 0 Å². The summed E-state index contributed by atoms with van der Waals surface area (Å²) in [4.78, 5) is 24.7. The molecule has 0 bridgehead atoms. The number of ether oxygens (including phenoxy) is 2. The van der Waals surface area contributed by atoms with Crippen LogP contribution in [0, 0.1) is 0 Å². The number of aliphatic hydroxyl groups excluding tert-OH is 1. The first-order valence-corrected chi connectivity index (χ1v) is 36.6. The van der Waals surface area contributed by atoms with Gasteiger partial charge in [-0.1, -0.05) is 334 Å². The molecule has 1 N–H and O–H groups in total. The Kier molecular flexibility index (Phi) is 73.5. The minimum atomic E-state index is -0.810. The number of carbonyl (C=O) groups excluding carboxylic acids is 2. The molecule has 0 aliphatic heterocycles. The van der Waals surface area contributed by atoms with Crippen LogP contribution in [-0.2, 0) is 19.1 Å². The van der Waals surface area contributed by atoms with E-state index in [1.165, 1.54) is 70.6 Å². The van der Waals surface area contributed by atoms with E-state index in [4.69, 9.17) is 9.47 Å². The molecule has 0 saturated heterocycles. The first-order chi connectivity index (χ1) is 45.6. The molecule has 0 fully saturated rings. The van der Waals surface area contributed by atoms with Gasteiger partial charge in [-0.15, -0.1) is 0 Å². The number of aliphatic hydroxyl groups is 1. The molecular formula is C87H132O5. The average molecular weight is 1260 g/mol. The lowest BCUT2D eigenvalue weighted by Crippen LogP contribution is -2.28. The Morgan fingerprint density at radius 3 is 0.663 bits per heavy atom. The molecule has 1 atom stereocenters. The van der Waals surface area contributed by atoms with Crippen molar-refractivity contribution in [2.75, 3.05) is 13.2 Å². The normalized spacial score (nSPS) is 13.7. The maximum atomic E-state index is 12.4. The molecule has 0 aromatic carbocycles. The number of unbranched alkanes of at least 4 members (excludes halogenated alkanes) is 16. The number of carbonyl (C=O) groups is 2. The van der Waals surface area contributed by atoms with E-state index < -0.39 is 6.10 Å². The van der Waals surface area contributed by atoms with Gasteiger partial charge in [-0.25, -0.2) is 0 Å². The van der Waals surface area contributed by atoms with Crippen LogP contribution in [0.2, 0.25) is 0 Å². The summed E-state index contributed by atoms with van der Waals surface area (Å²) in [5, 5.41) is 9.71. The summed E-state index contributed by atoms with van der Waals surface area (Å²) < 4.78 is 10.7. The highest BCUT2D eigenvalue weighted by Gasteiger charge is 2.16. The molecule has 5 nitrogen and oxygen atoms in total. The third-order valence-electron chi connectivity index (χ3n) is 14.6. The minimum Gasteiger partial charge on any atom is -0.462 e. The predicted octanol–water partition coefficient (Wildman–Crippen LogP) is 26.2. The third kappa shape index (κ3) is 76.2. The second kappa shape index (κ2) is 78.9. The fourth-order valence-electron chi connectivity index (χ4n) is 9.26. The van der Waals surface area contributed by atoms with Crippen molar-refractivity contribution in [2.24, 2.45) is 0 Å². The third-order valence-corrected chi connectivity index (χ3v) is 14.6. The number of esters is 2. The van der Waals surface area contributed by atoms with Crippen LogP contribution in [-0.4, -0.2) is 36.4 Å². The van der Waals surface area contributed by atoms with Gasteiger partial charge in [0.05, 0.1) is 6.61 Å². The molecule has 0 radical (unpaired) electrons. The number of hydrogen-bond donors (Lipinski definition) is 1. The van der Waals surface area contributed by atoms with Crippen molar-refractivity contribution in [3.8, 4) is 0 Å². The van der Waals surface area contributed by atoms with Crippen molar-refractivity contribution >= 4 is 11.9 Å². The van der Waals surface area contributed by atoms with Crippen molar-refractivity contribution in [1.29, 1.82) is 0 Å². The van der Waals surface area contributed by atoms with Crippen LogP contribution in [0.25, 0.3) is 0 Å². The minimum absolute atomic E-state index is 0.0950. The molecule has 0 aliphatic rings. The van der Waals surface area contributed by atoms with Crippen molar-refractivity contribution < 1.29 is 24.2 Å². The second-order valence-electron chi connectivity index (χ2n) is 23.2. The molecule has 5 heteroatoms. The highest BCUT2D eigenvalue weighted by Crippen LogP contribution is 2.15. The molecule has 0 saturated carbocycles. The maximum absolute atomic E-state index is 12.4.